The van der Waals surface area contributed by atoms with Gasteiger partial charge in [-0.25, -0.2) is 8.42 Å². The number of rotatable bonds is 11. The van der Waals surface area contributed by atoms with Gasteiger partial charge in [0.05, 0.1) is 17.4 Å². The minimum absolute atomic E-state index is 0.0190. The summed E-state index contributed by atoms with van der Waals surface area (Å²) in [6, 6.07) is -0.0190. The lowest BCUT2D eigenvalue weighted by Crippen LogP contribution is -2.54. The highest BCUT2D eigenvalue weighted by Gasteiger charge is 2.35. The summed E-state index contributed by atoms with van der Waals surface area (Å²) in [5, 5.41) is 0. The molecule has 0 aromatic heterocycles. The number of ether oxygens (including phenoxy) is 1. The Balaban J connectivity index is 4.62. The van der Waals surface area contributed by atoms with Crippen LogP contribution < -0.4 is 11.3 Å². The van der Waals surface area contributed by atoms with Crippen molar-refractivity contribution in [1.82, 2.24) is 5.43 Å². The molecule has 0 radical (unpaired) electrons. The normalized spacial score (nSPS) is 14.6. The number of hydrogen-bond donors (Lipinski definition) is 2. The molecule has 0 aliphatic heterocycles. The highest BCUT2D eigenvalue weighted by atomic mass is 32.2. The molecule has 0 fully saturated rings. The molecule has 1 unspecified atom stereocenters. The molecule has 0 heterocycles. The van der Waals surface area contributed by atoms with Gasteiger partial charge in [0, 0.05) is 12.4 Å². The number of nitrogens with one attached hydrogen (secondary N) is 1. The van der Waals surface area contributed by atoms with Gasteiger partial charge in [0.1, 0.15) is 9.84 Å². The van der Waals surface area contributed by atoms with Crippen molar-refractivity contribution in [2.24, 2.45) is 5.84 Å². The standard InChI is InChI=1S/C13H30N2O3S/c1-5-13(6-2,18-7-3)12(15-14)10-9-11-19(16,17)8-4/h12,15H,5-11,14H2,1-4H3. The molecular weight excluding hydrogens is 264 g/mol. The number of hydrazine groups is 1. The molecule has 6 heteroatoms. The van der Waals surface area contributed by atoms with Gasteiger partial charge in [-0.2, -0.15) is 0 Å². The lowest BCUT2D eigenvalue weighted by molar-refractivity contribution is -0.0739. The fraction of sp³-hybridized carbons (Fsp3) is 1.00. The van der Waals surface area contributed by atoms with Crippen LogP contribution in [0.4, 0.5) is 0 Å². The number of sulfone groups is 1. The molecule has 3 N–H and O–H groups in total. The molecule has 0 saturated heterocycles. The van der Waals surface area contributed by atoms with Crippen molar-refractivity contribution >= 4 is 9.84 Å². The summed E-state index contributed by atoms with van der Waals surface area (Å²) in [5.74, 6) is 6.06. The largest absolute Gasteiger partial charge is 0.374 e. The van der Waals surface area contributed by atoms with E-state index >= 15 is 0 Å². The van der Waals surface area contributed by atoms with E-state index in [0.717, 1.165) is 12.8 Å². The first-order chi connectivity index (χ1) is 8.91. The quantitative estimate of drug-likeness (QED) is 0.447. The Bertz CT molecular complexity index is 327. The van der Waals surface area contributed by atoms with E-state index in [1.807, 2.05) is 6.92 Å². The molecule has 0 aliphatic carbocycles. The fourth-order valence-corrected chi connectivity index (χ4v) is 3.38. The van der Waals surface area contributed by atoms with Gasteiger partial charge in [0.15, 0.2) is 0 Å². The molecule has 5 nitrogen and oxygen atoms in total. The molecule has 116 valence electrons. The Morgan fingerprint density at radius 2 is 1.79 bits per heavy atom. The van der Waals surface area contributed by atoms with Gasteiger partial charge in [-0.1, -0.05) is 20.8 Å². The molecule has 0 aromatic carbocycles. The number of hydrogen-bond acceptors (Lipinski definition) is 5. The van der Waals surface area contributed by atoms with E-state index in [2.05, 4.69) is 19.3 Å². The van der Waals surface area contributed by atoms with E-state index in [1.165, 1.54) is 0 Å². The van der Waals surface area contributed by atoms with Crippen molar-refractivity contribution in [2.75, 3.05) is 18.1 Å². The molecule has 0 saturated carbocycles. The van der Waals surface area contributed by atoms with Crippen LogP contribution in [0.1, 0.15) is 53.4 Å². The van der Waals surface area contributed by atoms with E-state index in [1.54, 1.807) is 6.92 Å². The summed E-state index contributed by atoms with van der Waals surface area (Å²) in [4.78, 5) is 0. The van der Waals surface area contributed by atoms with Crippen LogP contribution in [-0.4, -0.2) is 38.2 Å². The van der Waals surface area contributed by atoms with Gasteiger partial charge in [-0.15, -0.1) is 0 Å². The van der Waals surface area contributed by atoms with Crippen LogP contribution in [0.3, 0.4) is 0 Å². The van der Waals surface area contributed by atoms with Crippen molar-refractivity contribution in [3.63, 3.8) is 0 Å². The minimum Gasteiger partial charge on any atom is -0.374 e. The first kappa shape index (κ1) is 18.8. The van der Waals surface area contributed by atoms with Crippen LogP contribution >= 0.6 is 0 Å². The third kappa shape index (κ3) is 5.77. The molecule has 0 aromatic rings. The van der Waals surface area contributed by atoms with E-state index in [-0.39, 0.29) is 23.1 Å². The smallest absolute Gasteiger partial charge is 0.150 e. The van der Waals surface area contributed by atoms with Gasteiger partial charge in [0.25, 0.3) is 0 Å². The summed E-state index contributed by atoms with van der Waals surface area (Å²) in [5.41, 5.74) is 2.51. The molecule has 0 spiro atoms. The van der Waals surface area contributed by atoms with Gasteiger partial charge in [-0.05, 0) is 32.6 Å². The van der Waals surface area contributed by atoms with E-state index < -0.39 is 9.84 Å². The molecule has 19 heavy (non-hydrogen) atoms. The Hall–Kier alpha value is -0.170. The monoisotopic (exact) mass is 294 g/mol. The summed E-state index contributed by atoms with van der Waals surface area (Å²) < 4.78 is 28.9. The zero-order chi connectivity index (χ0) is 14.9. The summed E-state index contributed by atoms with van der Waals surface area (Å²) in [7, 11) is -2.90. The SMILES string of the molecule is CCOC(CC)(CC)C(CCCS(=O)(=O)CC)NN. The van der Waals surface area contributed by atoms with Crippen LogP contribution in [0.25, 0.3) is 0 Å². The van der Waals surface area contributed by atoms with E-state index in [4.69, 9.17) is 10.6 Å². The maximum Gasteiger partial charge on any atom is 0.150 e. The molecule has 0 aliphatic rings. The summed E-state index contributed by atoms with van der Waals surface area (Å²) >= 11 is 0. The fourth-order valence-electron chi connectivity index (χ4n) is 2.48. The minimum atomic E-state index is -2.90. The molecule has 1 atom stereocenters. The summed E-state index contributed by atoms with van der Waals surface area (Å²) in [6.07, 6.45) is 3.02. The van der Waals surface area contributed by atoms with Crippen LogP contribution in [0, 0.1) is 0 Å². The van der Waals surface area contributed by atoms with Crippen LogP contribution in [0.5, 0.6) is 0 Å². The molecule has 0 bridgehead atoms. The Labute approximate surface area is 118 Å². The Kier molecular flexibility index (Phi) is 8.81. The van der Waals surface area contributed by atoms with E-state index in [0.29, 0.717) is 19.4 Å². The lowest BCUT2D eigenvalue weighted by atomic mass is 9.86. The maximum absolute atomic E-state index is 11.5. The number of nitrogens with two attached hydrogens (primary N) is 1. The third-order valence-electron chi connectivity index (χ3n) is 3.85. The Morgan fingerprint density at radius 3 is 2.16 bits per heavy atom. The van der Waals surface area contributed by atoms with Gasteiger partial charge in [-0.3, -0.25) is 11.3 Å². The van der Waals surface area contributed by atoms with Crippen molar-refractivity contribution in [3.05, 3.63) is 0 Å². The predicted molar refractivity (Wildman–Crippen MR) is 79.6 cm³/mol. The van der Waals surface area contributed by atoms with Gasteiger partial charge in [0.2, 0.25) is 0 Å². The van der Waals surface area contributed by atoms with E-state index in [9.17, 15) is 8.42 Å². The zero-order valence-corrected chi connectivity index (χ0v) is 13.6. The third-order valence-corrected chi connectivity index (χ3v) is 5.64. The molecule has 0 amide bonds. The van der Waals surface area contributed by atoms with Crippen molar-refractivity contribution in [2.45, 2.75) is 65.0 Å². The lowest BCUT2D eigenvalue weighted by Gasteiger charge is -2.39. The Morgan fingerprint density at radius 1 is 1.21 bits per heavy atom. The van der Waals surface area contributed by atoms with Gasteiger partial charge < -0.3 is 4.74 Å². The second-order valence-electron chi connectivity index (χ2n) is 4.80. The predicted octanol–water partition coefficient (Wildman–Crippen LogP) is 1.63. The average molecular weight is 294 g/mol. The topological polar surface area (TPSA) is 81.4 Å². The second-order valence-corrected chi connectivity index (χ2v) is 7.28. The van der Waals surface area contributed by atoms with Crippen LogP contribution in [0.2, 0.25) is 0 Å². The van der Waals surface area contributed by atoms with Crippen molar-refractivity contribution in [1.29, 1.82) is 0 Å². The van der Waals surface area contributed by atoms with Crippen LogP contribution in [-0.2, 0) is 14.6 Å². The zero-order valence-electron chi connectivity index (χ0n) is 12.7. The highest BCUT2D eigenvalue weighted by molar-refractivity contribution is 7.91. The average Bonchev–Trinajstić information content (AvgIpc) is 2.41. The highest BCUT2D eigenvalue weighted by Crippen LogP contribution is 2.27. The van der Waals surface area contributed by atoms with Crippen molar-refractivity contribution in [3.8, 4) is 0 Å². The molecular formula is C13H30N2O3S. The summed E-state index contributed by atoms with van der Waals surface area (Å²) in [6.45, 7) is 8.43. The second kappa shape index (κ2) is 8.89. The molecule has 0 rings (SSSR count). The van der Waals surface area contributed by atoms with Gasteiger partial charge >= 0.3 is 0 Å². The maximum atomic E-state index is 11.5. The van der Waals surface area contributed by atoms with Crippen molar-refractivity contribution < 1.29 is 13.2 Å². The first-order valence-electron chi connectivity index (χ1n) is 7.21. The van der Waals surface area contributed by atoms with Crippen LogP contribution in [0.15, 0.2) is 0 Å². The first-order valence-corrected chi connectivity index (χ1v) is 9.03.